The number of carbonyl (C=O) groups excluding carboxylic acids is 1. The van der Waals surface area contributed by atoms with Crippen LogP contribution in [0.4, 0.5) is 5.69 Å². The molecule has 6 heteroatoms. The quantitative estimate of drug-likeness (QED) is 0.525. The molecule has 0 aliphatic heterocycles. The van der Waals surface area contributed by atoms with E-state index < -0.39 is 0 Å². The van der Waals surface area contributed by atoms with Gasteiger partial charge in [0.1, 0.15) is 5.75 Å². The van der Waals surface area contributed by atoms with Crippen LogP contribution in [0, 0.1) is 6.92 Å². The maximum absolute atomic E-state index is 12.5. The minimum absolute atomic E-state index is 0.229. The molecule has 0 saturated carbocycles. The number of hydrogen-bond acceptors (Lipinski definition) is 5. The van der Waals surface area contributed by atoms with Crippen molar-refractivity contribution in [2.24, 2.45) is 0 Å². The second kappa shape index (κ2) is 7.98. The average Bonchev–Trinajstić information content (AvgIpc) is 3.24. The Labute approximate surface area is 168 Å². The fourth-order valence-electron chi connectivity index (χ4n) is 2.97. The molecule has 4 rings (SSSR count). The summed E-state index contributed by atoms with van der Waals surface area (Å²) in [4.78, 5) is 17.0. The molecule has 6 nitrogen and oxygen atoms in total. The van der Waals surface area contributed by atoms with Crippen molar-refractivity contribution < 1.29 is 14.1 Å². The summed E-state index contributed by atoms with van der Waals surface area (Å²) in [6, 6.07) is 22.1. The highest BCUT2D eigenvalue weighted by Gasteiger charge is 2.13. The highest BCUT2D eigenvalue weighted by atomic mass is 16.5. The van der Waals surface area contributed by atoms with E-state index in [9.17, 15) is 4.79 Å². The van der Waals surface area contributed by atoms with E-state index in [2.05, 4.69) is 15.5 Å². The van der Waals surface area contributed by atoms with Gasteiger partial charge in [0.25, 0.3) is 11.8 Å². The molecule has 144 valence electrons. The van der Waals surface area contributed by atoms with Gasteiger partial charge in [0.2, 0.25) is 5.82 Å². The van der Waals surface area contributed by atoms with E-state index in [1.807, 2.05) is 43.3 Å². The van der Waals surface area contributed by atoms with Crippen molar-refractivity contribution in [1.29, 1.82) is 0 Å². The number of carbonyl (C=O) groups is 1. The second-order valence-corrected chi connectivity index (χ2v) is 6.50. The molecule has 0 unspecified atom stereocenters. The molecule has 4 aromatic rings. The van der Waals surface area contributed by atoms with Gasteiger partial charge in [-0.15, -0.1) is 0 Å². The highest BCUT2D eigenvalue weighted by molar-refractivity contribution is 6.04. The summed E-state index contributed by atoms with van der Waals surface area (Å²) in [7, 11) is 1.57. The first kappa shape index (κ1) is 18.4. The largest absolute Gasteiger partial charge is 0.497 e. The maximum Gasteiger partial charge on any atom is 0.258 e. The van der Waals surface area contributed by atoms with Crippen LogP contribution in [0.25, 0.3) is 22.8 Å². The number of amides is 1. The molecule has 0 radical (unpaired) electrons. The van der Waals surface area contributed by atoms with Crippen molar-refractivity contribution >= 4 is 11.6 Å². The van der Waals surface area contributed by atoms with Crippen molar-refractivity contribution in [3.63, 3.8) is 0 Å². The van der Waals surface area contributed by atoms with Crippen LogP contribution in [0.5, 0.6) is 5.75 Å². The summed E-state index contributed by atoms with van der Waals surface area (Å²) in [5.74, 6) is 1.32. The van der Waals surface area contributed by atoms with E-state index in [0.29, 0.717) is 28.7 Å². The fraction of sp³-hybridized carbons (Fsp3) is 0.0870. The lowest BCUT2D eigenvalue weighted by Gasteiger charge is -2.07. The lowest BCUT2D eigenvalue weighted by atomic mass is 10.1. The first-order chi connectivity index (χ1) is 14.1. The Bertz CT molecular complexity index is 1170. The minimum atomic E-state index is -0.229. The van der Waals surface area contributed by atoms with E-state index in [0.717, 1.165) is 16.7 Å². The summed E-state index contributed by atoms with van der Waals surface area (Å²) >= 11 is 0. The molecule has 0 aliphatic rings. The van der Waals surface area contributed by atoms with Gasteiger partial charge in [0, 0.05) is 22.4 Å². The maximum atomic E-state index is 12.5. The molecule has 0 spiro atoms. The van der Waals surface area contributed by atoms with E-state index in [-0.39, 0.29) is 5.91 Å². The molecule has 0 fully saturated rings. The predicted octanol–water partition coefficient (Wildman–Crippen LogP) is 4.97. The van der Waals surface area contributed by atoms with Gasteiger partial charge in [-0.3, -0.25) is 4.79 Å². The smallest absolute Gasteiger partial charge is 0.258 e. The molecule has 0 aliphatic carbocycles. The standard InChI is InChI=1S/C23H19N3O3/c1-15-7-3-4-12-20(15)21-25-23(29-26-21)17-9-5-10-18(13-17)24-22(27)16-8-6-11-19(14-16)28-2/h3-14H,1-2H3,(H,24,27). The Morgan fingerprint density at radius 2 is 1.83 bits per heavy atom. The van der Waals surface area contributed by atoms with Crippen molar-refractivity contribution in [3.8, 4) is 28.6 Å². The van der Waals surface area contributed by atoms with Crippen LogP contribution in [-0.4, -0.2) is 23.2 Å². The van der Waals surface area contributed by atoms with Crippen molar-refractivity contribution in [2.75, 3.05) is 12.4 Å². The van der Waals surface area contributed by atoms with E-state index >= 15 is 0 Å². The molecule has 3 aromatic carbocycles. The Balaban J connectivity index is 1.56. The molecule has 1 aromatic heterocycles. The summed E-state index contributed by atoms with van der Waals surface area (Å²) in [5.41, 5.74) is 3.85. The van der Waals surface area contributed by atoms with E-state index in [4.69, 9.17) is 9.26 Å². The number of rotatable bonds is 5. The molecule has 0 atom stereocenters. The van der Waals surface area contributed by atoms with Gasteiger partial charge in [0.05, 0.1) is 7.11 Å². The summed E-state index contributed by atoms with van der Waals surface area (Å²) in [5, 5.41) is 6.98. The van der Waals surface area contributed by atoms with Crippen LogP contribution in [0.3, 0.4) is 0 Å². The third-order valence-electron chi connectivity index (χ3n) is 4.51. The molecular weight excluding hydrogens is 366 g/mol. The minimum Gasteiger partial charge on any atom is -0.497 e. The molecule has 0 bridgehead atoms. The highest BCUT2D eigenvalue weighted by Crippen LogP contribution is 2.26. The number of nitrogens with one attached hydrogen (secondary N) is 1. The normalized spacial score (nSPS) is 10.6. The van der Waals surface area contributed by atoms with Crippen molar-refractivity contribution in [3.05, 3.63) is 83.9 Å². The Kier molecular flexibility index (Phi) is 5.07. The number of methoxy groups -OCH3 is 1. The number of benzene rings is 3. The lowest BCUT2D eigenvalue weighted by molar-refractivity contribution is 0.102. The van der Waals surface area contributed by atoms with Crippen LogP contribution < -0.4 is 10.1 Å². The Morgan fingerprint density at radius 3 is 2.66 bits per heavy atom. The number of ether oxygens (including phenoxy) is 1. The molecular formula is C23H19N3O3. The monoisotopic (exact) mass is 385 g/mol. The molecule has 0 saturated heterocycles. The number of hydrogen-bond donors (Lipinski definition) is 1. The van der Waals surface area contributed by atoms with Crippen LogP contribution in [0.1, 0.15) is 15.9 Å². The molecule has 1 heterocycles. The molecule has 29 heavy (non-hydrogen) atoms. The summed E-state index contributed by atoms with van der Waals surface area (Å²) < 4.78 is 10.6. The van der Waals surface area contributed by atoms with Crippen LogP contribution in [0.15, 0.2) is 77.3 Å². The van der Waals surface area contributed by atoms with Gasteiger partial charge in [-0.25, -0.2) is 0 Å². The van der Waals surface area contributed by atoms with E-state index in [1.165, 1.54) is 0 Å². The molecule has 1 amide bonds. The third kappa shape index (κ3) is 4.01. The Morgan fingerprint density at radius 1 is 1.00 bits per heavy atom. The van der Waals surface area contributed by atoms with Gasteiger partial charge >= 0.3 is 0 Å². The first-order valence-corrected chi connectivity index (χ1v) is 9.09. The fourth-order valence-corrected chi connectivity index (χ4v) is 2.97. The second-order valence-electron chi connectivity index (χ2n) is 6.50. The zero-order chi connectivity index (χ0) is 20.2. The summed E-state index contributed by atoms with van der Waals surface area (Å²) in [6.07, 6.45) is 0. The summed E-state index contributed by atoms with van der Waals surface area (Å²) in [6.45, 7) is 2.00. The van der Waals surface area contributed by atoms with Crippen LogP contribution >= 0.6 is 0 Å². The third-order valence-corrected chi connectivity index (χ3v) is 4.51. The van der Waals surface area contributed by atoms with Crippen LogP contribution in [0.2, 0.25) is 0 Å². The topological polar surface area (TPSA) is 77.2 Å². The average molecular weight is 385 g/mol. The van der Waals surface area contributed by atoms with Gasteiger partial charge in [-0.1, -0.05) is 41.6 Å². The number of aromatic nitrogens is 2. The predicted molar refractivity (Wildman–Crippen MR) is 111 cm³/mol. The van der Waals surface area contributed by atoms with E-state index in [1.54, 1.807) is 43.5 Å². The SMILES string of the molecule is COc1cccc(C(=O)Nc2cccc(-c3nc(-c4ccccc4C)no3)c2)c1. The number of aryl methyl sites for hydroxylation is 1. The zero-order valence-corrected chi connectivity index (χ0v) is 16.0. The van der Waals surface area contributed by atoms with Crippen LogP contribution in [-0.2, 0) is 0 Å². The van der Waals surface area contributed by atoms with Gasteiger partial charge < -0.3 is 14.6 Å². The zero-order valence-electron chi connectivity index (χ0n) is 16.0. The van der Waals surface area contributed by atoms with Crippen molar-refractivity contribution in [2.45, 2.75) is 6.92 Å². The number of anilines is 1. The lowest BCUT2D eigenvalue weighted by Crippen LogP contribution is -2.11. The van der Waals surface area contributed by atoms with Gasteiger partial charge in [-0.2, -0.15) is 4.98 Å². The number of nitrogens with zero attached hydrogens (tertiary/aromatic N) is 2. The van der Waals surface area contributed by atoms with Gasteiger partial charge in [0.15, 0.2) is 0 Å². The van der Waals surface area contributed by atoms with Crippen molar-refractivity contribution in [1.82, 2.24) is 10.1 Å². The first-order valence-electron chi connectivity index (χ1n) is 9.09. The molecule has 1 N–H and O–H groups in total. The van der Waals surface area contributed by atoms with Gasteiger partial charge in [-0.05, 0) is 48.9 Å². The Hall–Kier alpha value is -3.93.